The second kappa shape index (κ2) is 10.9. The van der Waals surface area contributed by atoms with Gasteiger partial charge in [-0.2, -0.15) is 11.8 Å². The third-order valence-corrected chi connectivity index (χ3v) is 5.57. The summed E-state index contributed by atoms with van der Waals surface area (Å²) in [4.78, 5) is 12.3. The van der Waals surface area contributed by atoms with E-state index in [0.717, 1.165) is 17.1 Å². The number of rotatable bonds is 9. The van der Waals surface area contributed by atoms with Gasteiger partial charge in [0.2, 0.25) is 0 Å². The summed E-state index contributed by atoms with van der Waals surface area (Å²) in [6.07, 6.45) is 0.0708. The van der Waals surface area contributed by atoms with Gasteiger partial charge in [0.1, 0.15) is 5.75 Å². The zero-order valence-electron chi connectivity index (χ0n) is 14.3. The first-order chi connectivity index (χ1) is 12.5. The molecule has 0 spiro atoms. The maximum atomic E-state index is 12.3. The van der Waals surface area contributed by atoms with E-state index in [1.807, 2.05) is 19.1 Å². The molecule has 1 N–H and O–H groups in total. The summed E-state index contributed by atoms with van der Waals surface area (Å²) in [7, 11) is 0. The normalized spacial score (nSPS) is 11.8. The number of carbonyl (C=O) groups excluding carboxylic acids is 1. The number of hydrogen-bond acceptors (Lipinski definition) is 3. The molecule has 0 unspecified atom stereocenters. The van der Waals surface area contributed by atoms with Crippen LogP contribution in [0.1, 0.15) is 18.9 Å². The van der Waals surface area contributed by atoms with Gasteiger partial charge >= 0.3 is 0 Å². The zero-order valence-corrected chi connectivity index (χ0v) is 17.4. The fraction of sp³-hybridized carbons (Fsp3) is 0.316. The molecular weight excluding hydrogens is 413 g/mol. The number of benzene rings is 2. The lowest BCUT2D eigenvalue weighted by Gasteiger charge is -2.17. The fourth-order valence-corrected chi connectivity index (χ4v) is 3.43. The summed E-state index contributed by atoms with van der Waals surface area (Å²) in [6, 6.07) is 12.6. The van der Waals surface area contributed by atoms with Crippen LogP contribution in [0.25, 0.3) is 0 Å². The van der Waals surface area contributed by atoms with Gasteiger partial charge in [-0.1, -0.05) is 47.8 Å². The molecule has 0 aliphatic carbocycles. The highest BCUT2D eigenvalue weighted by Crippen LogP contribution is 2.24. The summed E-state index contributed by atoms with van der Waals surface area (Å²) in [5.74, 6) is 2.12. The van der Waals surface area contributed by atoms with Gasteiger partial charge in [-0.05, 0) is 48.4 Å². The molecule has 2 aromatic carbocycles. The van der Waals surface area contributed by atoms with Crippen LogP contribution in [0.2, 0.25) is 15.1 Å². The van der Waals surface area contributed by atoms with Crippen LogP contribution >= 0.6 is 46.6 Å². The van der Waals surface area contributed by atoms with Crippen molar-refractivity contribution in [2.45, 2.75) is 25.2 Å². The molecule has 7 heteroatoms. The minimum Gasteiger partial charge on any atom is -0.481 e. The van der Waals surface area contributed by atoms with E-state index in [1.54, 1.807) is 42.1 Å². The fourth-order valence-electron chi connectivity index (χ4n) is 2.18. The SMILES string of the molecule is CC[C@H](Oc1ccc(Cl)cc1)C(=O)NCCSCc1ccc(Cl)c(Cl)c1. The molecule has 3 nitrogen and oxygen atoms in total. The molecule has 26 heavy (non-hydrogen) atoms. The van der Waals surface area contributed by atoms with Gasteiger partial charge in [-0.25, -0.2) is 0 Å². The molecule has 1 atom stereocenters. The van der Waals surface area contributed by atoms with E-state index in [2.05, 4.69) is 5.32 Å². The van der Waals surface area contributed by atoms with E-state index in [-0.39, 0.29) is 5.91 Å². The molecule has 0 bridgehead atoms. The first kappa shape index (κ1) is 21.2. The number of thioether (sulfide) groups is 1. The van der Waals surface area contributed by atoms with Gasteiger partial charge in [-0.3, -0.25) is 4.79 Å². The number of carbonyl (C=O) groups is 1. The number of amides is 1. The van der Waals surface area contributed by atoms with Gasteiger partial charge in [0.15, 0.2) is 6.10 Å². The van der Waals surface area contributed by atoms with Crippen LogP contribution in [-0.2, 0) is 10.5 Å². The predicted molar refractivity (Wildman–Crippen MR) is 112 cm³/mol. The Labute approximate surface area is 173 Å². The molecule has 2 rings (SSSR count). The van der Waals surface area contributed by atoms with Crippen molar-refractivity contribution in [1.29, 1.82) is 0 Å². The summed E-state index contributed by atoms with van der Waals surface area (Å²) >= 11 is 19.5. The summed E-state index contributed by atoms with van der Waals surface area (Å²) in [5, 5.41) is 4.66. The largest absolute Gasteiger partial charge is 0.481 e. The van der Waals surface area contributed by atoms with Gasteiger partial charge in [0.05, 0.1) is 10.0 Å². The molecule has 0 aliphatic heterocycles. The highest BCUT2D eigenvalue weighted by Gasteiger charge is 2.17. The number of nitrogens with one attached hydrogen (secondary N) is 1. The second-order valence-corrected chi connectivity index (χ2v) is 7.92. The molecule has 0 fully saturated rings. The summed E-state index contributed by atoms with van der Waals surface area (Å²) in [6.45, 7) is 2.49. The maximum Gasteiger partial charge on any atom is 0.261 e. The Morgan fingerprint density at radius 1 is 1.12 bits per heavy atom. The zero-order chi connectivity index (χ0) is 18.9. The van der Waals surface area contributed by atoms with E-state index in [9.17, 15) is 4.79 Å². The smallest absolute Gasteiger partial charge is 0.261 e. The van der Waals surface area contributed by atoms with E-state index in [1.165, 1.54) is 0 Å². The van der Waals surface area contributed by atoms with Crippen molar-refractivity contribution in [2.24, 2.45) is 0 Å². The minimum absolute atomic E-state index is 0.113. The van der Waals surface area contributed by atoms with Crippen LogP contribution in [0.15, 0.2) is 42.5 Å². The standard InChI is InChI=1S/C19H20Cl3NO2S/c1-2-18(25-15-6-4-14(20)5-7-15)19(24)23-9-10-26-12-13-3-8-16(21)17(22)11-13/h3-8,11,18H,2,9-10,12H2,1H3,(H,23,24)/t18-/m0/s1. The Morgan fingerprint density at radius 3 is 2.50 bits per heavy atom. The minimum atomic E-state index is -0.517. The van der Waals surface area contributed by atoms with Crippen molar-refractivity contribution < 1.29 is 9.53 Å². The summed E-state index contributed by atoms with van der Waals surface area (Å²) in [5.41, 5.74) is 1.10. The van der Waals surface area contributed by atoms with Crippen molar-refractivity contribution in [3.8, 4) is 5.75 Å². The van der Waals surface area contributed by atoms with Crippen molar-refractivity contribution in [1.82, 2.24) is 5.32 Å². The molecule has 0 aromatic heterocycles. The highest BCUT2D eigenvalue weighted by atomic mass is 35.5. The third-order valence-electron chi connectivity index (χ3n) is 3.55. The maximum absolute atomic E-state index is 12.3. The van der Waals surface area contributed by atoms with Crippen molar-refractivity contribution in [2.75, 3.05) is 12.3 Å². The predicted octanol–water partition coefficient (Wildman–Crippen LogP) is 5.85. The quantitative estimate of drug-likeness (QED) is 0.505. The highest BCUT2D eigenvalue weighted by molar-refractivity contribution is 7.98. The molecule has 0 heterocycles. The van der Waals surface area contributed by atoms with E-state index >= 15 is 0 Å². The Balaban J connectivity index is 1.70. The average molecular weight is 433 g/mol. The Hall–Kier alpha value is -1.07. The molecule has 0 saturated heterocycles. The van der Waals surface area contributed by atoms with E-state index in [4.69, 9.17) is 39.5 Å². The topological polar surface area (TPSA) is 38.3 Å². The lowest BCUT2D eigenvalue weighted by molar-refractivity contribution is -0.127. The first-order valence-electron chi connectivity index (χ1n) is 8.21. The lowest BCUT2D eigenvalue weighted by atomic mass is 10.2. The van der Waals surface area contributed by atoms with E-state index < -0.39 is 6.10 Å². The van der Waals surface area contributed by atoms with Crippen molar-refractivity contribution in [3.63, 3.8) is 0 Å². The van der Waals surface area contributed by atoms with Gasteiger partial charge < -0.3 is 10.1 Å². The Kier molecular flexibility index (Phi) is 8.93. The number of hydrogen-bond donors (Lipinski definition) is 1. The van der Waals surface area contributed by atoms with Crippen molar-refractivity contribution >= 4 is 52.5 Å². The lowest BCUT2D eigenvalue weighted by Crippen LogP contribution is -2.39. The number of halogens is 3. The molecule has 0 aliphatic rings. The van der Waals surface area contributed by atoms with Crippen LogP contribution in [0, 0.1) is 0 Å². The monoisotopic (exact) mass is 431 g/mol. The molecule has 2 aromatic rings. The molecule has 0 saturated carbocycles. The molecular formula is C19H20Cl3NO2S. The first-order valence-corrected chi connectivity index (χ1v) is 10.5. The van der Waals surface area contributed by atoms with Crippen LogP contribution < -0.4 is 10.1 Å². The van der Waals surface area contributed by atoms with Crippen LogP contribution in [-0.4, -0.2) is 24.3 Å². The second-order valence-electron chi connectivity index (χ2n) is 5.56. The van der Waals surface area contributed by atoms with Crippen molar-refractivity contribution in [3.05, 3.63) is 63.1 Å². The molecule has 1 amide bonds. The van der Waals surface area contributed by atoms with Gasteiger partial charge in [0, 0.05) is 23.1 Å². The average Bonchev–Trinajstić information content (AvgIpc) is 2.63. The van der Waals surface area contributed by atoms with Gasteiger partial charge in [-0.15, -0.1) is 0 Å². The van der Waals surface area contributed by atoms with E-state index in [0.29, 0.717) is 33.8 Å². The van der Waals surface area contributed by atoms with Crippen LogP contribution in [0.5, 0.6) is 5.75 Å². The molecule has 140 valence electrons. The Morgan fingerprint density at radius 2 is 1.85 bits per heavy atom. The Bertz CT molecular complexity index is 725. The summed E-state index contributed by atoms with van der Waals surface area (Å²) < 4.78 is 5.73. The third kappa shape index (κ3) is 6.92. The van der Waals surface area contributed by atoms with Crippen LogP contribution in [0.3, 0.4) is 0 Å². The van der Waals surface area contributed by atoms with Crippen LogP contribution in [0.4, 0.5) is 0 Å². The molecule has 0 radical (unpaired) electrons. The van der Waals surface area contributed by atoms with Gasteiger partial charge in [0.25, 0.3) is 5.91 Å². The number of ether oxygens (including phenoxy) is 1.